The van der Waals surface area contributed by atoms with Gasteiger partial charge >= 0.3 is 0 Å². The summed E-state index contributed by atoms with van der Waals surface area (Å²) in [6.45, 7) is 7.94. The van der Waals surface area contributed by atoms with Gasteiger partial charge in [0.25, 0.3) is 0 Å². The standard InChI is InChI=1S/C26H39BO/c1-26(2)20-16-24(26)23(14-15-28-18-19-8-4-3-5-9-19)25(17-20)27-21-10-6-11-22(27)13-7-12-21/h3-5,8-9,20-25H,6-7,10-18H2,1-2H3/t20?,21?,22?,23-,24?,25-/m0/s1. The molecule has 28 heavy (non-hydrogen) atoms. The van der Waals surface area contributed by atoms with Crippen molar-refractivity contribution in [1.82, 2.24) is 0 Å². The number of benzene rings is 1. The summed E-state index contributed by atoms with van der Waals surface area (Å²) in [6, 6.07) is 10.7. The molecule has 2 saturated heterocycles. The Labute approximate surface area is 173 Å². The van der Waals surface area contributed by atoms with Gasteiger partial charge in [0.1, 0.15) is 6.71 Å². The molecule has 4 atom stereocenters. The van der Waals surface area contributed by atoms with Gasteiger partial charge < -0.3 is 4.74 Å². The molecular formula is C26H39BO. The summed E-state index contributed by atoms with van der Waals surface area (Å²) in [5, 5.41) is 0. The largest absolute Gasteiger partial charge is 0.377 e. The van der Waals surface area contributed by atoms with Crippen LogP contribution in [0.4, 0.5) is 0 Å². The minimum atomic E-state index is 0.588. The molecule has 5 aliphatic rings. The number of hydrogen-bond donors (Lipinski definition) is 0. The van der Waals surface area contributed by atoms with E-state index in [1.165, 1.54) is 63.4 Å². The van der Waals surface area contributed by atoms with Crippen molar-refractivity contribution >= 4 is 6.71 Å². The van der Waals surface area contributed by atoms with E-state index in [1.807, 2.05) is 0 Å². The van der Waals surface area contributed by atoms with Crippen LogP contribution in [0.2, 0.25) is 17.5 Å². The lowest BCUT2D eigenvalue weighted by Gasteiger charge is -2.65. The molecule has 0 N–H and O–H groups in total. The summed E-state index contributed by atoms with van der Waals surface area (Å²) in [5.41, 5.74) is 1.90. The van der Waals surface area contributed by atoms with Crippen molar-refractivity contribution in [1.29, 1.82) is 0 Å². The van der Waals surface area contributed by atoms with Gasteiger partial charge in [-0.15, -0.1) is 0 Å². The molecule has 2 aliphatic heterocycles. The Kier molecular flexibility index (Phi) is 5.37. The van der Waals surface area contributed by atoms with Gasteiger partial charge in [0.2, 0.25) is 0 Å². The zero-order chi connectivity index (χ0) is 19.1. The monoisotopic (exact) mass is 378 g/mol. The molecule has 1 nitrogen and oxygen atoms in total. The van der Waals surface area contributed by atoms with Crippen molar-refractivity contribution < 1.29 is 4.74 Å². The van der Waals surface area contributed by atoms with Crippen molar-refractivity contribution in [3.05, 3.63) is 35.9 Å². The minimum Gasteiger partial charge on any atom is -0.377 e. The number of rotatable bonds is 6. The van der Waals surface area contributed by atoms with Crippen LogP contribution in [0.25, 0.3) is 0 Å². The number of ether oxygens (including phenoxy) is 1. The predicted molar refractivity (Wildman–Crippen MR) is 119 cm³/mol. The number of hydrogen-bond acceptors (Lipinski definition) is 1. The van der Waals surface area contributed by atoms with Crippen LogP contribution in [0.1, 0.15) is 77.2 Å². The molecule has 0 spiro atoms. The highest BCUT2D eigenvalue weighted by Crippen LogP contribution is 2.68. The molecule has 3 saturated carbocycles. The smallest absolute Gasteiger partial charge is 0.149 e. The Balaban J connectivity index is 1.26. The van der Waals surface area contributed by atoms with Crippen LogP contribution in [0.5, 0.6) is 0 Å². The molecule has 5 fully saturated rings. The second-order valence-corrected chi connectivity index (χ2v) is 11.2. The fraction of sp³-hybridized carbons (Fsp3) is 0.769. The van der Waals surface area contributed by atoms with Crippen molar-refractivity contribution in [2.75, 3.05) is 6.61 Å². The zero-order valence-corrected chi connectivity index (χ0v) is 18.1. The molecule has 0 aromatic heterocycles. The number of fused-ring (bicyclic) bond motifs is 5. The van der Waals surface area contributed by atoms with E-state index >= 15 is 0 Å². The van der Waals surface area contributed by atoms with Crippen LogP contribution >= 0.6 is 0 Å². The van der Waals surface area contributed by atoms with Gasteiger partial charge in [-0.1, -0.05) is 107 Å². The molecular weight excluding hydrogens is 339 g/mol. The van der Waals surface area contributed by atoms with E-state index in [0.717, 1.165) is 55.1 Å². The molecule has 2 heterocycles. The third kappa shape index (κ3) is 3.38. The zero-order valence-electron chi connectivity index (χ0n) is 18.1. The Morgan fingerprint density at radius 1 is 0.964 bits per heavy atom. The van der Waals surface area contributed by atoms with E-state index in [4.69, 9.17) is 4.74 Å². The highest BCUT2D eigenvalue weighted by Gasteiger charge is 2.60. The van der Waals surface area contributed by atoms with Gasteiger partial charge in [-0.25, -0.2) is 0 Å². The molecule has 2 unspecified atom stereocenters. The van der Waals surface area contributed by atoms with Crippen LogP contribution in [0, 0.1) is 23.2 Å². The summed E-state index contributed by atoms with van der Waals surface area (Å²) < 4.78 is 6.19. The summed E-state index contributed by atoms with van der Waals surface area (Å²) in [7, 11) is 0. The molecule has 0 radical (unpaired) electrons. The third-order valence-electron chi connectivity index (χ3n) is 9.76. The second-order valence-electron chi connectivity index (χ2n) is 11.2. The lowest BCUT2D eigenvalue weighted by atomic mass is 9.18. The summed E-state index contributed by atoms with van der Waals surface area (Å²) >= 11 is 0. The van der Waals surface area contributed by atoms with Gasteiger partial charge in [-0.2, -0.15) is 0 Å². The van der Waals surface area contributed by atoms with E-state index in [2.05, 4.69) is 44.2 Å². The predicted octanol–water partition coefficient (Wildman–Crippen LogP) is 7.25. The minimum absolute atomic E-state index is 0.588. The van der Waals surface area contributed by atoms with Crippen LogP contribution in [0.15, 0.2) is 30.3 Å². The van der Waals surface area contributed by atoms with E-state index < -0.39 is 0 Å². The topological polar surface area (TPSA) is 9.23 Å². The van der Waals surface area contributed by atoms with Gasteiger partial charge in [-0.05, 0) is 41.6 Å². The van der Waals surface area contributed by atoms with Crippen LogP contribution in [-0.4, -0.2) is 13.3 Å². The van der Waals surface area contributed by atoms with Gasteiger partial charge in [0.15, 0.2) is 0 Å². The molecule has 1 aromatic rings. The molecule has 2 heteroatoms. The summed E-state index contributed by atoms with van der Waals surface area (Å²) in [4.78, 5) is 0. The van der Waals surface area contributed by atoms with E-state index in [-0.39, 0.29) is 0 Å². The first-order chi connectivity index (χ1) is 13.6. The SMILES string of the molecule is CC1(C)C2CC1[C@H](CCOCc1ccccc1)[C@@H](B1C3CCCC1CCC3)C2. The van der Waals surface area contributed by atoms with E-state index in [9.17, 15) is 0 Å². The summed E-state index contributed by atoms with van der Waals surface area (Å²) in [6.07, 6.45) is 13.5. The van der Waals surface area contributed by atoms with E-state index in [0.29, 0.717) is 5.41 Å². The van der Waals surface area contributed by atoms with Crippen LogP contribution in [-0.2, 0) is 11.3 Å². The van der Waals surface area contributed by atoms with Gasteiger partial charge in [0.05, 0.1) is 6.61 Å². The van der Waals surface area contributed by atoms with Crippen LogP contribution in [0.3, 0.4) is 0 Å². The maximum absolute atomic E-state index is 6.19. The Morgan fingerprint density at radius 2 is 1.64 bits per heavy atom. The average Bonchev–Trinajstić information content (AvgIpc) is 2.71. The van der Waals surface area contributed by atoms with Crippen molar-refractivity contribution in [3.63, 3.8) is 0 Å². The van der Waals surface area contributed by atoms with Crippen molar-refractivity contribution in [2.24, 2.45) is 23.2 Å². The highest BCUT2D eigenvalue weighted by molar-refractivity contribution is 6.64. The van der Waals surface area contributed by atoms with Gasteiger partial charge in [-0.3, -0.25) is 0 Å². The molecule has 1 aromatic carbocycles. The second kappa shape index (κ2) is 7.82. The van der Waals surface area contributed by atoms with Crippen molar-refractivity contribution in [2.45, 2.75) is 95.7 Å². The fourth-order valence-corrected chi connectivity index (χ4v) is 8.25. The Morgan fingerprint density at radius 3 is 2.29 bits per heavy atom. The molecule has 3 aliphatic carbocycles. The lowest BCUT2D eigenvalue weighted by molar-refractivity contribution is -0.112. The maximum atomic E-state index is 6.19. The first-order valence-corrected chi connectivity index (χ1v) is 12.3. The van der Waals surface area contributed by atoms with Gasteiger partial charge in [0, 0.05) is 6.61 Å². The van der Waals surface area contributed by atoms with Crippen molar-refractivity contribution in [3.8, 4) is 0 Å². The Bertz CT molecular complexity index is 634. The highest BCUT2D eigenvalue weighted by atomic mass is 16.5. The first kappa shape index (κ1) is 19.2. The first-order valence-electron chi connectivity index (χ1n) is 12.3. The lowest BCUT2D eigenvalue weighted by Crippen LogP contribution is -2.58. The van der Waals surface area contributed by atoms with E-state index in [1.54, 1.807) is 0 Å². The molecule has 152 valence electrons. The quantitative estimate of drug-likeness (QED) is 0.374. The maximum Gasteiger partial charge on any atom is 0.149 e. The summed E-state index contributed by atoms with van der Waals surface area (Å²) in [5.74, 6) is 6.01. The molecule has 4 bridgehead atoms. The molecule has 0 amide bonds. The Hall–Kier alpha value is -0.755. The third-order valence-corrected chi connectivity index (χ3v) is 9.76. The average molecular weight is 378 g/mol. The fourth-order valence-electron chi connectivity index (χ4n) is 8.25. The van der Waals surface area contributed by atoms with Crippen LogP contribution < -0.4 is 0 Å². The molecule has 6 rings (SSSR count). The normalized spacial score (nSPS) is 38.7.